The summed E-state index contributed by atoms with van der Waals surface area (Å²) in [6.45, 7) is 2.60. The van der Waals surface area contributed by atoms with Crippen LogP contribution < -0.4 is 5.32 Å². The predicted molar refractivity (Wildman–Crippen MR) is 113 cm³/mol. The smallest absolute Gasteiger partial charge is 0.257 e. The van der Waals surface area contributed by atoms with Gasteiger partial charge in [-0.3, -0.25) is 9.69 Å². The van der Waals surface area contributed by atoms with Crippen LogP contribution in [0.5, 0.6) is 0 Å². The van der Waals surface area contributed by atoms with E-state index < -0.39 is 29.8 Å². The van der Waals surface area contributed by atoms with Gasteiger partial charge in [0.05, 0.1) is 0 Å². The standard InChI is InChI=1S/C23H28F2N2O2S/c24-22(25)10-6-19(14-22)23(29,18-4-2-1-3-5-18)21(28)26-20-7-11-27(12-8-20)15-17-9-13-30-16-17/h1-5,9,13,16,19-20,29H,6-8,10-12,14-15H2,(H,26,28)/t19-,23?/m1/s1. The Morgan fingerprint density at radius 2 is 1.93 bits per heavy atom. The Hall–Kier alpha value is -1.83. The lowest BCUT2D eigenvalue weighted by atomic mass is 9.79. The molecule has 2 N–H and O–H groups in total. The van der Waals surface area contributed by atoms with E-state index in [0.717, 1.165) is 32.5 Å². The van der Waals surface area contributed by atoms with E-state index in [0.29, 0.717) is 5.56 Å². The zero-order chi connectivity index (χ0) is 21.2. The first kappa shape index (κ1) is 21.4. The van der Waals surface area contributed by atoms with E-state index in [1.165, 1.54) is 5.56 Å². The molecule has 2 aromatic rings. The first-order valence-corrected chi connectivity index (χ1v) is 11.5. The molecule has 0 bridgehead atoms. The van der Waals surface area contributed by atoms with Crippen LogP contribution in [0.2, 0.25) is 0 Å². The van der Waals surface area contributed by atoms with Crippen molar-refractivity contribution >= 4 is 17.2 Å². The summed E-state index contributed by atoms with van der Waals surface area (Å²) in [5.41, 5.74) is -0.252. The molecule has 2 aliphatic rings. The molecule has 2 atom stereocenters. The van der Waals surface area contributed by atoms with Gasteiger partial charge in [0.15, 0.2) is 5.60 Å². The quantitative estimate of drug-likeness (QED) is 0.718. The molecule has 162 valence electrons. The number of alkyl halides is 2. The van der Waals surface area contributed by atoms with Crippen molar-refractivity contribution in [3.8, 4) is 0 Å². The summed E-state index contributed by atoms with van der Waals surface area (Å²) < 4.78 is 27.8. The first-order chi connectivity index (χ1) is 14.4. The van der Waals surface area contributed by atoms with Crippen LogP contribution in [-0.4, -0.2) is 41.0 Å². The van der Waals surface area contributed by atoms with Gasteiger partial charge >= 0.3 is 0 Å². The maximum Gasteiger partial charge on any atom is 0.257 e. The number of likely N-dealkylation sites (tertiary alicyclic amines) is 1. The molecule has 1 aliphatic heterocycles. The summed E-state index contributed by atoms with van der Waals surface area (Å²) in [5.74, 6) is -4.18. The van der Waals surface area contributed by atoms with Gasteiger partial charge in [-0.2, -0.15) is 11.3 Å². The number of nitrogens with one attached hydrogen (secondary N) is 1. The lowest BCUT2D eigenvalue weighted by molar-refractivity contribution is -0.149. The fourth-order valence-electron chi connectivity index (χ4n) is 4.72. The molecule has 30 heavy (non-hydrogen) atoms. The lowest BCUT2D eigenvalue weighted by Gasteiger charge is -2.37. The minimum Gasteiger partial charge on any atom is -0.375 e. The van der Waals surface area contributed by atoms with Crippen LogP contribution in [0.15, 0.2) is 47.2 Å². The number of halogens is 2. The third-order valence-electron chi connectivity index (χ3n) is 6.46. The van der Waals surface area contributed by atoms with Gasteiger partial charge in [-0.1, -0.05) is 30.3 Å². The van der Waals surface area contributed by atoms with Crippen molar-refractivity contribution in [2.75, 3.05) is 13.1 Å². The van der Waals surface area contributed by atoms with E-state index >= 15 is 0 Å². The number of carbonyl (C=O) groups excluding carboxylic acids is 1. The number of nitrogens with zero attached hydrogens (tertiary/aromatic N) is 1. The van der Waals surface area contributed by atoms with E-state index in [1.807, 2.05) is 0 Å². The van der Waals surface area contributed by atoms with Crippen molar-refractivity contribution < 1.29 is 18.7 Å². The van der Waals surface area contributed by atoms with Gasteiger partial charge in [0.1, 0.15) is 0 Å². The van der Waals surface area contributed by atoms with Crippen molar-refractivity contribution in [3.05, 3.63) is 58.3 Å². The SMILES string of the molecule is O=C(NC1CCN(Cc2ccsc2)CC1)C(O)(c1ccccc1)[C@@H]1CCC(F)(F)C1. The highest BCUT2D eigenvalue weighted by Gasteiger charge is 2.53. The van der Waals surface area contributed by atoms with E-state index in [2.05, 4.69) is 27.0 Å². The fourth-order valence-corrected chi connectivity index (χ4v) is 5.38. The van der Waals surface area contributed by atoms with Crippen LogP contribution in [0.3, 0.4) is 0 Å². The molecular formula is C23H28F2N2O2S. The number of piperidine rings is 1. The normalized spacial score (nSPS) is 24.4. The van der Waals surface area contributed by atoms with Crippen molar-refractivity contribution in [1.29, 1.82) is 0 Å². The third-order valence-corrected chi connectivity index (χ3v) is 7.20. The Labute approximate surface area is 179 Å². The second kappa shape index (κ2) is 8.73. The Balaban J connectivity index is 1.43. The molecule has 1 saturated heterocycles. The zero-order valence-corrected chi connectivity index (χ0v) is 17.7. The maximum absolute atomic E-state index is 13.9. The third kappa shape index (κ3) is 4.58. The summed E-state index contributed by atoms with van der Waals surface area (Å²) in [6.07, 6.45) is 0.931. The number of hydrogen-bond donors (Lipinski definition) is 2. The molecule has 4 nitrogen and oxygen atoms in total. The zero-order valence-electron chi connectivity index (χ0n) is 16.9. The monoisotopic (exact) mass is 434 g/mol. The highest BCUT2D eigenvalue weighted by atomic mass is 32.1. The van der Waals surface area contributed by atoms with Gasteiger partial charge in [-0.15, -0.1) is 0 Å². The van der Waals surface area contributed by atoms with E-state index in [1.54, 1.807) is 41.7 Å². The average Bonchev–Trinajstić information content (AvgIpc) is 3.38. The Bertz CT molecular complexity index is 838. The fraction of sp³-hybridized carbons (Fsp3) is 0.522. The summed E-state index contributed by atoms with van der Waals surface area (Å²) in [4.78, 5) is 15.6. The van der Waals surface area contributed by atoms with Crippen molar-refractivity contribution in [2.45, 2.75) is 56.2 Å². The van der Waals surface area contributed by atoms with E-state index in [4.69, 9.17) is 0 Å². The van der Waals surface area contributed by atoms with Crippen LogP contribution >= 0.6 is 11.3 Å². The first-order valence-electron chi connectivity index (χ1n) is 10.6. The molecule has 2 fully saturated rings. The average molecular weight is 435 g/mol. The summed E-state index contributed by atoms with van der Waals surface area (Å²) >= 11 is 1.68. The maximum atomic E-state index is 13.9. The molecule has 2 heterocycles. The molecule has 1 aliphatic carbocycles. The van der Waals surface area contributed by atoms with Gasteiger partial charge in [-0.05, 0) is 47.2 Å². The molecular weight excluding hydrogens is 406 g/mol. The summed E-state index contributed by atoms with van der Waals surface area (Å²) in [6, 6.07) is 10.6. The number of benzene rings is 1. The van der Waals surface area contributed by atoms with Crippen LogP contribution in [0.4, 0.5) is 8.78 Å². The topological polar surface area (TPSA) is 52.6 Å². The van der Waals surface area contributed by atoms with Crippen molar-refractivity contribution in [2.24, 2.45) is 5.92 Å². The number of aliphatic hydroxyl groups is 1. The summed E-state index contributed by atoms with van der Waals surface area (Å²) in [5, 5.41) is 18.7. The second-order valence-corrected chi connectivity index (χ2v) is 9.36. The molecule has 0 spiro atoms. The Kier molecular flexibility index (Phi) is 6.23. The summed E-state index contributed by atoms with van der Waals surface area (Å²) in [7, 11) is 0. The van der Waals surface area contributed by atoms with Gasteiger partial charge in [0.2, 0.25) is 5.92 Å². The predicted octanol–water partition coefficient (Wildman–Crippen LogP) is 4.15. The Morgan fingerprint density at radius 1 is 1.20 bits per heavy atom. The van der Waals surface area contributed by atoms with Crippen LogP contribution in [0.25, 0.3) is 0 Å². The highest BCUT2D eigenvalue weighted by Crippen LogP contribution is 2.47. The van der Waals surface area contributed by atoms with Crippen molar-refractivity contribution in [1.82, 2.24) is 10.2 Å². The molecule has 1 aromatic carbocycles. The minimum absolute atomic E-state index is 0.0617. The largest absolute Gasteiger partial charge is 0.375 e. The van der Waals surface area contributed by atoms with Gasteiger partial charge in [-0.25, -0.2) is 8.78 Å². The van der Waals surface area contributed by atoms with Crippen LogP contribution in [-0.2, 0) is 16.9 Å². The number of rotatable bonds is 6. The lowest BCUT2D eigenvalue weighted by Crippen LogP contribution is -2.54. The molecule has 1 unspecified atom stereocenters. The Morgan fingerprint density at radius 3 is 2.53 bits per heavy atom. The number of hydrogen-bond acceptors (Lipinski definition) is 4. The van der Waals surface area contributed by atoms with Crippen LogP contribution in [0, 0.1) is 5.92 Å². The molecule has 4 rings (SSSR count). The van der Waals surface area contributed by atoms with Crippen molar-refractivity contribution in [3.63, 3.8) is 0 Å². The van der Waals surface area contributed by atoms with E-state index in [9.17, 15) is 18.7 Å². The molecule has 0 radical (unpaired) electrons. The van der Waals surface area contributed by atoms with Gasteiger partial charge < -0.3 is 10.4 Å². The molecule has 1 amide bonds. The van der Waals surface area contributed by atoms with E-state index in [-0.39, 0.29) is 18.9 Å². The second-order valence-electron chi connectivity index (χ2n) is 8.58. The molecule has 1 saturated carbocycles. The number of thiophene rings is 1. The van der Waals surface area contributed by atoms with Crippen LogP contribution in [0.1, 0.15) is 43.2 Å². The molecule has 7 heteroatoms. The number of carbonyl (C=O) groups is 1. The highest BCUT2D eigenvalue weighted by molar-refractivity contribution is 7.07. The van der Waals surface area contributed by atoms with Gasteiger partial charge in [0, 0.05) is 44.4 Å². The minimum atomic E-state index is -2.83. The molecule has 1 aromatic heterocycles. The van der Waals surface area contributed by atoms with Gasteiger partial charge in [0.25, 0.3) is 5.91 Å². The number of amides is 1.